The summed E-state index contributed by atoms with van der Waals surface area (Å²) in [5.41, 5.74) is 1.05. The number of aromatic hydroxyl groups is 1. The molecule has 0 aliphatic rings. The molecule has 6 nitrogen and oxygen atoms in total. The van der Waals surface area contributed by atoms with Crippen LogP contribution in [0.15, 0.2) is 47.4 Å². The van der Waals surface area contributed by atoms with Crippen LogP contribution in [0.25, 0.3) is 0 Å². The number of hydrogen-bond donors (Lipinski definition) is 3. The molecule has 0 saturated heterocycles. The van der Waals surface area contributed by atoms with E-state index in [1.165, 1.54) is 30.3 Å². The van der Waals surface area contributed by atoms with E-state index in [9.17, 15) is 18.3 Å². The highest BCUT2D eigenvalue weighted by molar-refractivity contribution is 7.89. The molecular formula is C14H14N2O4S. The van der Waals surface area contributed by atoms with Crippen molar-refractivity contribution < 1.29 is 18.3 Å². The Labute approximate surface area is 122 Å². The van der Waals surface area contributed by atoms with E-state index in [0.29, 0.717) is 11.3 Å². The fourth-order valence-electron chi connectivity index (χ4n) is 1.83. The lowest BCUT2D eigenvalue weighted by Gasteiger charge is -2.09. The van der Waals surface area contributed by atoms with Gasteiger partial charge in [-0.15, -0.1) is 0 Å². The largest absolute Gasteiger partial charge is 0.508 e. The van der Waals surface area contributed by atoms with Gasteiger partial charge in [0.1, 0.15) is 5.75 Å². The molecule has 4 N–H and O–H groups in total. The number of sulfonamides is 1. The average Bonchev–Trinajstić information content (AvgIpc) is 2.39. The van der Waals surface area contributed by atoms with E-state index in [1.807, 2.05) is 0 Å². The van der Waals surface area contributed by atoms with Crippen LogP contribution in [0.1, 0.15) is 15.9 Å². The number of phenolic OH excluding ortho intramolecular Hbond substituents is 1. The molecule has 110 valence electrons. The van der Waals surface area contributed by atoms with E-state index in [1.54, 1.807) is 19.1 Å². The Hall–Kier alpha value is -2.38. The molecule has 0 aliphatic heterocycles. The number of anilines is 1. The van der Waals surface area contributed by atoms with Gasteiger partial charge in [0.05, 0.1) is 4.90 Å². The minimum atomic E-state index is -3.85. The fraction of sp³-hybridized carbons (Fsp3) is 0.0714. The molecule has 0 aliphatic carbocycles. The second-order valence-corrected chi connectivity index (χ2v) is 6.06. The van der Waals surface area contributed by atoms with Crippen molar-refractivity contribution in [2.24, 2.45) is 5.14 Å². The third kappa shape index (κ3) is 3.59. The van der Waals surface area contributed by atoms with Crippen molar-refractivity contribution in [2.75, 3.05) is 5.32 Å². The third-order valence-corrected chi connectivity index (χ3v) is 3.91. The van der Waals surface area contributed by atoms with Crippen LogP contribution in [-0.4, -0.2) is 19.4 Å². The molecule has 2 aromatic rings. The first-order valence-corrected chi connectivity index (χ1v) is 7.56. The van der Waals surface area contributed by atoms with Crippen LogP contribution in [0.5, 0.6) is 5.75 Å². The molecule has 0 heterocycles. The zero-order chi connectivity index (χ0) is 15.6. The predicted octanol–water partition coefficient (Wildman–Crippen LogP) is 1.60. The fourth-order valence-corrected chi connectivity index (χ4v) is 2.64. The highest BCUT2D eigenvalue weighted by Gasteiger charge is 2.13. The maximum atomic E-state index is 12.0. The van der Waals surface area contributed by atoms with Gasteiger partial charge in [0, 0.05) is 11.3 Å². The van der Waals surface area contributed by atoms with Crippen molar-refractivity contribution in [3.8, 4) is 5.75 Å². The summed E-state index contributed by atoms with van der Waals surface area (Å²) in [5.74, 6) is -0.494. The zero-order valence-electron chi connectivity index (χ0n) is 11.2. The van der Waals surface area contributed by atoms with Crippen LogP contribution in [-0.2, 0) is 10.0 Å². The summed E-state index contributed by atoms with van der Waals surface area (Å²) < 4.78 is 22.9. The maximum Gasteiger partial charge on any atom is 0.255 e. The van der Waals surface area contributed by atoms with Gasteiger partial charge in [0.2, 0.25) is 10.0 Å². The molecule has 2 aromatic carbocycles. The highest BCUT2D eigenvalue weighted by Crippen LogP contribution is 2.20. The van der Waals surface area contributed by atoms with E-state index in [4.69, 9.17) is 5.14 Å². The van der Waals surface area contributed by atoms with Crippen molar-refractivity contribution >= 4 is 21.6 Å². The second-order valence-electron chi connectivity index (χ2n) is 4.53. The van der Waals surface area contributed by atoms with Gasteiger partial charge < -0.3 is 10.4 Å². The molecule has 0 fully saturated rings. The molecule has 0 atom stereocenters. The Morgan fingerprint density at radius 1 is 1.19 bits per heavy atom. The Kier molecular flexibility index (Phi) is 3.97. The lowest BCUT2D eigenvalue weighted by Crippen LogP contribution is -2.16. The minimum absolute atomic E-state index is 0.0308. The highest BCUT2D eigenvalue weighted by atomic mass is 32.2. The second kappa shape index (κ2) is 5.55. The predicted molar refractivity (Wildman–Crippen MR) is 78.6 cm³/mol. The van der Waals surface area contributed by atoms with Gasteiger partial charge in [-0.05, 0) is 42.8 Å². The number of hydrogen-bond acceptors (Lipinski definition) is 4. The molecule has 21 heavy (non-hydrogen) atoms. The molecule has 0 saturated carbocycles. The van der Waals surface area contributed by atoms with E-state index in [0.717, 1.165) is 0 Å². The summed E-state index contributed by atoms with van der Waals surface area (Å²) in [5, 5.41) is 17.0. The molecule has 1 amide bonds. The Morgan fingerprint density at radius 3 is 2.52 bits per heavy atom. The van der Waals surface area contributed by atoms with E-state index in [2.05, 4.69) is 5.32 Å². The molecule has 0 radical (unpaired) electrons. The van der Waals surface area contributed by atoms with Gasteiger partial charge in [-0.3, -0.25) is 4.79 Å². The van der Waals surface area contributed by atoms with Crippen molar-refractivity contribution in [3.05, 3.63) is 53.6 Å². The smallest absolute Gasteiger partial charge is 0.255 e. The number of carbonyl (C=O) groups is 1. The summed E-state index contributed by atoms with van der Waals surface area (Å²) in [6.07, 6.45) is 0. The maximum absolute atomic E-state index is 12.0. The number of nitrogens with two attached hydrogens (primary N) is 1. The first kappa shape index (κ1) is 15.0. The van der Waals surface area contributed by atoms with Crippen molar-refractivity contribution in [1.29, 1.82) is 0 Å². The number of phenols is 1. The van der Waals surface area contributed by atoms with Gasteiger partial charge in [-0.1, -0.05) is 12.1 Å². The van der Waals surface area contributed by atoms with Crippen LogP contribution in [0.2, 0.25) is 0 Å². The van der Waals surface area contributed by atoms with Gasteiger partial charge in [-0.2, -0.15) is 0 Å². The lowest BCUT2D eigenvalue weighted by atomic mass is 10.2. The van der Waals surface area contributed by atoms with Crippen LogP contribution < -0.4 is 10.5 Å². The van der Waals surface area contributed by atoms with Crippen LogP contribution in [0, 0.1) is 6.92 Å². The molecule has 0 bridgehead atoms. The topological polar surface area (TPSA) is 109 Å². The summed E-state index contributed by atoms with van der Waals surface area (Å²) in [4.78, 5) is 12.0. The number of primary sulfonamides is 1. The van der Waals surface area contributed by atoms with Crippen LogP contribution >= 0.6 is 0 Å². The number of nitrogens with one attached hydrogen (secondary N) is 1. The standard InChI is InChI=1S/C14H14N2O4S/c1-9-5-6-11(8-13(9)21(15,19)20)16-14(18)10-3-2-4-12(17)7-10/h2-8,17H,1H3,(H,16,18)(H2,15,19,20). The van der Waals surface area contributed by atoms with Gasteiger partial charge >= 0.3 is 0 Å². The Balaban J connectivity index is 2.30. The normalized spacial score (nSPS) is 11.1. The third-order valence-electron chi connectivity index (χ3n) is 2.86. The minimum Gasteiger partial charge on any atom is -0.508 e. The molecule has 0 unspecified atom stereocenters. The molecule has 0 spiro atoms. The molecular weight excluding hydrogens is 292 g/mol. The number of benzene rings is 2. The molecule has 0 aromatic heterocycles. The van der Waals surface area contributed by atoms with Crippen molar-refractivity contribution in [1.82, 2.24) is 0 Å². The van der Waals surface area contributed by atoms with Gasteiger partial charge in [-0.25, -0.2) is 13.6 Å². The summed E-state index contributed by atoms with van der Waals surface area (Å²) in [6.45, 7) is 1.61. The SMILES string of the molecule is Cc1ccc(NC(=O)c2cccc(O)c2)cc1S(N)(=O)=O. The van der Waals surface area contributed by atoms with E-state index >= 15 is 0 Å². The summed E-state index contributed by atoms with van der Waals surface area (Å²) in [6, 6.07) is 10.2. The summed E-state index contributed by atoms with van der Waals surface area (Å²) in [7, 11) is -3.85. The molecule has 2 rings (SSSR count). The first-order valence-electron chi connectivity index (χ1n) is 6.01. The zero-order valence-corrected chi connectivity index (χ0v) is 12.0. The Bertz CT molecular complexity index is 800. The van der Waals surface area contributed by atoms with Gasteiger partial charge in [0.25, 0.3) is 5.91 Å². The van der Waals surface area contributed by atoms with E-state index in [-0.39, 0.29) is 16.2 Å². The van der Waals surface area contributed by atoms with E-state index < -0.39 is 15.9 Å². The number of aryl methyl sites for hydroxylation is 1. The van der Waals surface area contributed by atoms with Crippen LogP contribution in [0.4, 0.5) is 5.69 Å². The molecule has 7 heteroatoms. The number of rotatable bonds is 3. The quantitative estimate of drug-likeness (QED) is 0.800. The van der Waals surface area contributed by atoms with Crippen molar-refractivity contribution in [2.45, 2.75) is 11.8 Å². The average molecular weight is 306 g/mol. The Morgan fingerprint density at radius 2 is 1.90 bits per heavy atom. The van der Waals surface area contributed by atoms with Gasteiger partial charge in [0.15, 0.2) is 0 Å². The van der Waals surface area contributed by atoms with Crippen LogP contribution in [0.3, 0.4) is 0 Å². The van der Waals surface area contributed by atoms with Crippen molar-refractivity contribution in [3.63, 3.8) is 0 Å². The summed E-state index contributed by atoms with van der Waals surface area (Å²) >= 11 is 0. The number of amides is 1. The number of carbonyl (C=O) groups excluding carboxylic acids is 1. The first-order chi connectivity index (χ1) is 9.77. The lowest BCUT2D eigenvalue weighted by molar-refractivity contribution is 0.102. The monoisotopic (exact) mass is 306 g/mol.